The summed E-state index contributed by atoms with van der Waals surface area (Å²) in [4.78, 5) is 12.8. The van der Waals surface area contributed by atoms with Gasteiger partial charge in [-0.3, -0.25) is 4.72 Å². The van der Waals surface area contributed by atoms with Crippen LogP contribution in [0.25, 0.3) is 0 Å². The predicted molar refractivity (Wildman–Crippen MR) is 136 cm³/mol. The van der Waals surface area contributed by atoms with Crippen LogP contribution in [0.2, 0.25) is 0 Å². The Morgan fingerprint density at radius 2 is 1.81 bits per heavy atom. The molecule has 1 saturated heterocycles. The number of carbonyl (C=O) groups is 1. The predicted octanol–water partition coefficient (Wildman–Crippen LogP) is 3.20. The molecule has 1 aliphatic heterocycles. The second kappa shape index (κ2) is 13.1. The molecule has 1 aromatic carbocycles. The number of ether oxygens (including phenoxy) is 3. The van der Waals surface area contributed by atoms with Crippen molar-refractivity contribution in [3.8, 4) is 0 Å². The van der Waals surface area contributed by atoms with Crippen LogP contribution < -0.4 is 4.72 Å². The number of anilines is 1. The highest BCUT2D eigenvalue weighted by atomic mass is 32.2. The first-order valence-corrected chi connectivity index (χ1v) is 14.5. The minimum atomic E-state index is -4.16. The van der Waals surface area contributed by atoms with Gasteiger partial charge in [0.25, 0.3) is 0 Å². The highest BCUT2D eigenvalue weighted by molar-refractivity contribution is 7.93. The summed E-state index contributed by atoms with van der Waals surface area (Å²) in [6.45, 7) is 2.93. The van der Waals surface area contributed by atoms with Crippen LogP contribution in [0.15, 0.2) is 29.8 Å². The molecule has 0 amide bonds. The number of nitrogens with one attached hydrogen (secondary N) is 1. The third-order valence-electron chi connectivity index (χ3n) is 6.71. The van der Waals surface area contributed by atoms with Gasteiger partial charge in [0.05, 0.1) is 31.1 Å². The molecule has 1 heterocycles. The summed E-state index contributed by atoms with van der Waals surface area (Å²) in [6, 6.07) is 3.92. The minimum absolute atomic E-state index is 0.0315. The van der Waals surface area contributed by atoms with E-state index in [-0.39, 0.29) is 30.7 Å². The molecule has 9 nitrogen and oxygen atoms in total. The number of esters is 1. The number of rotatable bonds is 13. The number of aliphatic hydroxyl groups is 2. The topological polar surface area (TPSA) is 131 Å². The highest BCUT2D eigenvalue weighted by Crippen LogP contribution is 2.41. The summed E-state index contributed by atoms with van der Waals surface area (Å²) >= 11 is 0. The normalized spacial score (nSPS) is 23.2. The van der Waals surface area contributed by atoms with Gasteiger partial charge in [0.2, 0.25) is 10.0 Å². The van der Waals surface area contributed by atoms with Gasteiger partial charge >= 0.3 is 5.97 Å². The fourth-order valence-corrected chi connectivity index (χ4v) is 6.39. The van der Waals surface area contributed by atoms with Crippen LogP contribution in [0.3, 0.4) is 0 Å². The first kappa shape index (κ1) is 29.5. The van der Waals surface area contributed by atoms with Crippen LogP contribution in [0.4, 0.5) is 10.1 Å². The third kappa shape index (κ3) is 7.29. The van der Waals surface area contributed by atoms with Gasteiger partial charge in [0, 0.05) is 6.42 Å². The number of benzene rings is 1. The Morgan fingerprint density at radius 3 is 2.43 bits per heavy atom. The smallest absolute Gasteiger partial charge is 0.335 e. The zero-order valence-corrected chi connectivity index (χ0v) is 22.3. The Kier molecular flexibility index (Phi) is 10.5. The lowest BCUT2D eigenvalue weighted by molar-refractivity contribution is -0.154. The van der Waals surface area contributed by atoms with Crippen LogP contribution in [0.1, 0.15) is 64.4 Å². The Balaban J connectivity index is 1.86. The van der Waals surface area contributed by atoms with Crippen LogP contribution in [0, 0.1) is 5.82 Å². The highest BCUT2D eigenvalue weighted by Gasteiger charge is 2.51. The number of sulfonamides is 1. The Morgan fingerprint density at radius 1 is 1.14 bits per heavy atom. The SMILES string of the molecule is CCCCCCCc1cc(F)ccc1NS(=O)(=O)C1CCC2(C=C1C(=O)OCC)O[C@@H](CO)[C@H](CO)O2. The molecule has 0 bridgehead atoms. The summed E-state index contributed by atoms with van der Waals surface area (Å²) in [5.41, 5.74) is 0.668. The van der Waals surface area contributed by atoms with Gasteiger partial charge in [-0.2, -0.15) is 0 Å². The monoisotopic (exact) mass is 543 g/mol. The average Bonchev–Trinajstić information content (AvgIpc) is 3.22. The summed E-state index contributed by atoms with van der Waals surface area (Å²) in [5.74, 6) is -2.74. The van der Waals surface area contributed by atoms with Crippen molar-refractivity contribution in [3.63, 3.8) is 0 Å². The average molecular weight is 544 g/mol. The number of carbonyl (C=O) groups excluding carboxylic acids is 1. The summed E-state index contributed by atoms with van der Waals surface area (Å²) < 4.78 is 60.4. The lowest BCUT2D eigenvalue weighted by Crippen LogP contribution is -2.43. The molecular weight excluding hydrogens is 505 g/mol. The van der Waals surface area contributed by atoms with E-state index in [0.717, 1.165) is 32.1 Å². The van der Waals surface area contributed by atoms with Crippen LogP contribution in [0.5, 0.6) is 0 Å². The number of aliphatic hydroxyl groups excluding tert-OH is 2. The van der Waals surface area contributed by atoms with E-state index >= 15 is 0 Å². The van der Waals surface area contributed by atoms with Crippen molar-refractivity contribution in [2.24, 2.45) is 0 Å². The van der Waals surface area contributed by atoms with E-state index in [0.29, 0.717) is 12.0 Å². The number of hydrogen-bond donors (Lipinski definition) is 3. The molecule has 0 saturated carbocycles. The molecule has 3 atom stereocenters. The molecule has 3 N–H and O–H groups in total. The molecule has 1 fully saturated rings. The maximum atomic E-state index is 14.0. The van der Waals surface area contributed by atoms with Crippen molar-refractivity contribution in [2.45, 2.75) is 88.5 Å². The lowest BCUT2D eigenvalue weighted by atomic mass is 9.94. The van der Waals surface area contributed by atoms with Crippen molar-refractivity contribution < 1.29 is 42.0 Å². The molecule has 1 unspecified atom stereocenters. The standard InChI is InChI=1S/C26H38FNO8S/c1-3-5-6-7-8-9-18-14-19(27)10-11-21(18)28-37(32,33)24-12-13-26(15-20(24)25(31)34-4-2)35-22(16-29)23(17-30)36-26/h10-11,14-15,22-24,28-30H,3-9,12-13,16-17H2,1-2H3/t22-,23-,24?/m0/s1. The van der Waals surface area contributed by atoms with E-state index in [1.807, 2.05) is 0 Å². The van der Waals surface area contributed by atoms with Crippen molar-refractivity contribution >= 4 is 21.7 Å². The van der Waals surface area contributed by atoms with Crippen molar-refractivity contribution in [3.05, 3.63) is 41.2 Å². The lowest BCUT2D eigenvalue weighted by Gasteiger charge is -2.33. The number of hydrogen-bond acceptors (Lipinski definition) is 8. The quantitative estimate of drug-likeness (QED) is 0.255. The molecule has 1 spiro atoms. The van der Waals surface area contributed by atoms with Gasteiger partial charge in [-0.25, -0.2) is 17.6 Å². The summed E-state index contributed by atoms with van der Waals surface area (Å²) in [5, 5.41) is 17.9. The van der Waals surface area contributed by atoms with Crippen LogP contribution in [-0.4, -0.2) is 67.7 Å². The van der Waals surface area contributed by atoms with Gasteiger partial charge in [-0.1, -0.05) is 32.6 Å². The first-order valence-electron chi connectivity index (χ1n) is 13.0. The van der Waals surface area contributed by atoms with E-state index in [1.165, 1.54) is 24.3 Å². The van der Waals surface area contributed by atoms with Gasteiger partial charge in [-0.15, -0.1) is 0 Å². The summed E-state index contributed by atoms with van der Waals surface area (Å²) in [6.07, 6.45) is 5.21. The van der Waals surface area contributed by atoms with E-state index in [1.54, 1.807) is 6.92 Å². The van der Waals surface area contributed by atoms with Crippen molar-refractivity contribution in [2.75, 3.05) is 24.5 Å². The molecule has 1 aromatic rings. The molecule has 3 rings (SSSR count). The first-order chi connectivity index (χ1) is 17.7. The zero-order chi connectivity index (χ0) is 27.1. The van der Waals surface area contributed by atoms with Crippen LogP contribution in [-0.2, 0) is 35.4 Å². The van der Waals surface area contributed by atoms with Crippen molar-refractivity contribution in [1.82, 2.24) is 0 Å². The second-order valence-electron chi connectivity index (χ2n) is 9.45. The Hall–Kier alpha value is -2.05. The second-order valence-corrected chi connectivity index (χ2v) is 11.3. The maximum absolute atomic E-state index is 14.0. The zero-order valence-electron chi connectivity index (χ0n) is 21.4. The van der Waals surface area contributed by atoms with E-state index in [9.17, 15) is 27.8 Å². The fourth-order valence-electron chi connectivity index (χ4n) is 4.82. The van der Waals surface area contributed by atoms with Gasteiger partial charge in [0.15, 0.2) is 5.79 Å². The number of halogens is 1. The molecule has 1 aliphatic carbocycles. The number of aryl methyl sites for hydroxylation is 1. The molecule has 2 aliphatic rings. The summed E-state index contributed by atoms with van der Waals surface area (Å²) in [7, 11) is -4.16. The third-order valence-corrected chi connectivity index (χ3v) is 8.45. The minimum Gasteiger partial charge on any atom is -0.463 e. The molecule has 0 aromatic heterocycles. The molecule has 37 heavy (non-hydrogen) atoms. The fraction of sp³-hybridized carbons (Fsp3) is 0.654. The molecule has 208 valence electrons. The van der Waals surface area contributed by atoms with Gasteiger partial charge in [0.1, 0.15) is 23.3 Å². The number of unbranched alkanes of at least 4 members (excludes halogenated alkanes) is 4. The Bertz CT molecular complexity index is 1050. The van der Waals surface area contributed by atoms with Gasteiger partial charge in [-0.05, 0) is 56.0 Å². The van der Waals surface area contributed by atoms with Crippen molar-refractivity contribution in [1.29, 1.82) is 0 Å². The van der Waals surface area contributed by atoms with E-state index in [4.69, 9.17) is 14.2 Å². The maximum Gasteiger partial charge on any atom is 0.335 e. The Labute approximate surface area is 218 Å². The molecule has 11 heteroatoms. The van der Waals surface area contributed by atoms with E-state index in [2.05, 4.69) is 11.6 Å². The molecular formula is C26H38FNO8S. The van der Waals surface area contributed by atoms with Gasteiger partial charge < -0.3 is 24.4 Å². The largest absolute Gasteiger partial charge is 0.463 e. The van der Waals surface area contributed by atoms with Crippen LogP contribution >= 0.6 is 0 Å². The molecule has 0 radical (unpaired) electrons. The van der Waals surface area contributed by atoms with E-state index < -0.39 is 58.3 Å².